The van der Waals surface area contributed by atoms with Crippen LogP contribution in [0.15, 0.2) is 35.9 Å². The summed E-state index contributed by atoms with van der Waals surface area (Å²) in [4.78, 5) is 29.2. The fraction of sp³-hybridized carbons (Fsp3) is 0.667. The van der Waals surface area contributed by atoms with Gasteiger partial charge in [-0.05, 0) is 37.3 Å². The first-order valence-electron chi connectivity index (χ1n) is 14.4. The van der Waals surface area contributed by atoms with E-state index in [1.54, 1.807) is 0 Å². The Morgan fingerprint density at radius 3 is 2.43 bits per heavy atom. The quantitative estimate of drug-likeness (QED) is 0.462. The Kier molecular flexibility index (Phi) is 8.50. The number of aliphatic hydroxyl groups excluding tert-OH is 2. The smallest absolute Gasteiger partial charge is 0.247 e. The number of amides is 2. The molecule has 1 aromatic carbocycles. The van der Waals surface area contributed by atoms with Crippen LogP contribution >= 0.6 is 0 Å². The van der Waals surface area contributed by atoms with Crippen LogP contribution in [0, 0.1) is 5.92 Å². The average molecular weight is 511 g/mol. The summed E-state index contributed by atoms with van der Waals surface area (Å²) in [5.74, 6) is 0.685. The number of benzene rings is 1. The van der Waals surface area contributed by atoms with Crippen molar-refractivity contribution < 1.29 is 24.5 Å². The van der Waals surface area contributed by atoms with Crippen LogP contribution in [0.4, 0.5) is 0 Å². The van der Waals surface area contributed by atoms with Crippen LogP contribution < -0.4 is 10.1 Å². The molecule has 4 aliphatic rings. The molecular formula is C30H42N2O5. The van der Waals surface area contributed by atoms with Gasteiger partial charge >= 0.3 is 0 Å². The summed E-state index contributed by atoms with van der Waals surface area (Å²) in [5.41, 5.74) is 1.39. The van der Waals surface area contributed by atoms with Crippen LogP contribution in [-0.4, -0.2) is 64.4 Å². The molecule has 0 bridgehead atoms. The minimum Gasteiger partial charge on any atom is -0.486 e. The number of nitrogens with one attached hydrogen (secondary N) is 1. The Labute approximate surface area is 220 Å². The van der Waals surface area contributed by atoms with Crippen LogP contribution in [0.5, 0.6) is 5.75 Å². The van der Waals surface area contributed by atoms with Crippen molar-refractivity contribution in [1.29, 1.82) is 0 Å². The summed E-state index contributed by atoms with van der Waals surface area (Å²) in [5, 5.41) is 23.9. The normalized spacial score (nSPS) is 28.0. The van der Waals surface area contributed by atoms with Gasteiger partial charge in [0.25, 0.3) is 0 Å². The number of rotatable bonds is 8. The molecule has 5 rings (SSSR count). The molecule has 2 amide bonds. The summed E-state index contributed by atoms with van der Waals surface area (Å²) in [6.45, 7) is -0.00392. The summed E-state index contributed by atoms with van der Waals surface area (Å²) in [7, 11) is 0. The zero-order chi connectivity index (χ0) is 25.8. The number of aliphatic hydroxyl groups is 2. The molecule has 0 radical (unpaired) electrons. The highest BCUT2D eigenvalue weighted by molar-refractivity contribution is 5.96. The van der Waals surface area contributed by atoms with Crippen molar-refractivity contribution in [3.63, 3.8) is 0 Å². The number of hydrogen-bond donors (Lipinski definition) is 3. The summed E-state index contributed by atoms with van der Waals surface area (Å²) < 4.78 is 6.26. The molecule has 1 aromatic rings. The molecule has 3 aliphatic carbocycles. The topological polar surface area (TPSA) is 99.1 Å². The number of ether oxygens (including phenoxy) is 1. The second-order valence-electron chi connectivity index (χ2n) is 11.3. The molecule has 3 N–H and O–H groups in total. The van der Waals surface area contributed by atoms with Crippen molar-refractivity contribution in [2.45, 2.75) is 107 Å². The van der Waals surface area contributed by atoms with Crippen LogP contribution in [0.25, 0.3) is 0 Å². The van der Waals surface area contributed by atoms with Gasteiger partial charge in [-0.25, -0.2) is 0 Å². The lowest BCUT2D eigenvalue weighted by Crippen LogP contribution is -2.58. The van der Waals surface area contributed by atoms with Gasteiger partial charge in [0.15, 0.2) is 0 Å². The summed E-state index contributed by atoms with van der Waals surface area (Å²) in [6, 6.07) is 7.04. The Bertz CT molecular complexity index is 980. The summed E-state index contributed by atoms with van der Waals surface area (Å²) >= 11 is 0. The largest absolute Gasteiger partial charge is 0.486 e. The highest BCUT2D eigenvalue weighted by Gasteiger charge is 2.51. The maximum absolute atomic E-state index is 13.9. The van der Waals surface area contributed by atoms with Crippen molar-refractivity contribution in [3.8, 4) is 5.75 Å². The molecule has 2 saturated carbocycles. The van der Waals surface area contributed by atoms with Crippen LogP contribution in [0.3, 0.4) is 0 Å². The first-order chi connectivity index (χ1) is 18.1. The van der Waals surface area contributed by atoms with E-state index in [9.17, 15) is 19.8 Å². The third-order valence-electron chi connectivity index (χ3n) is 8.95. The molecule has 1 heterocycles. The van der Waals surface area contributed by atoms with E-state index in [0.29, 0.717) is 23.7 Å². The number of fused-ring (bicyclic) bond motifs is 3. The van der Waals surface area contributed by atoms with E-state index < -0.39 is 24.2 Å². The SMILES string of the molecule is O=C(NCCO)C1=CC(N(C(=O)CCC2CCCC2)C2CCCCCC2)C(O)C2Oc3ccccc3C12. The van der Waals surface area contributed by atoms with E-state index in [0.717, 1.165) is 37.7 Å². The molecule has 7 heteroatoms. The van der Waals surface area contributed by atoms with Gasteiger partial charge in [-0.2, -0.15) is 0 Å². The molecule has 4 unspecified atom stereocenters. The van der Waals surface area contributed by atoms with Gasteiger partial charge < -0.3 is 25.2 Å². The standard InChI is InChI=1S/C30H42N2O5/c33-18-17-31-30(36)23-19-24(28(35)29-27(23)22-13-7-8-14-25(22)37-29)32(21-11-3-1-2-4-12-21)26(34)16-15-20-9-5-6-10-20/h7-8,13-14,19-21,24,27-29,33,35H,1-6,9-12,15-18H2,(H,31,36). The van der Waals surface area contributed by atoms with E-state index in [1.165, 1.54) is 38.5 Å². The van der Waals surface area contributed by atoms with Gasteiger partial charge in [0, 0.05) is 30.1 Å². The molecule has 0 aromatic heterocycles. The Hall–Kier alpha value is -2.38. The number of carbonyl (C=O) groups excluding carboxylic acids is 2. The lowest BCUT2D eigenvalue weighted by atomic mass is 9.77. The Morgan fingerprint density at radius 1 is 1.00 bits per heavy atom. The first kappa shape index (κ1) is 26.2. The van der Waals surface area contributed by atoms with Crippen molar-refractivity contribution in [3.05, 3.63) is 41.5 Å². The van der Waals surface area contributed by atoms with Crippen LogP contribution in [0.2, 0.25) is 0 Å². The predicted octanol–water partition coefficient (Wildman–Crippen LogP) is 3.83. The average Bonchev–Trinajstić information content (AvgIpc) is 3.49. The molecule has 202 valence electrons. The van der Waals surface area contributed by atoms with E-state index in [2.05, 4.69) is 5.32 Å². The molecule has 1 aliphatic heterocycles. The van der Waals surface area contributed by atoms with E-state index in [4.69, 9.17) is 4.74 Å². The van der Waals surface area contributed by atoms with Crippen molar-refractivity contribution >= 4 is 11.8 Å². The third kappa shape index (κ3) is 5.58. The Balaban J connectivity index is 1.48. The Morgan fingerprint density at radius 2 is 1.70 bits per heavy atom. The van der Waals surface area contributed by atoms with Crippen molar-refractivity contribution in [2.75, 3.05) is 13.2 Å². The molecule has 2 fully saturated rings. The highest BCUT2D eigenvalue weighted by Crippen LogP contribution is 2.47. The van der Waals surface area contributed by atoms with E-state index in [1.807, 2.05) is 35.2 Å². The van der Waals surface area contributed by atoms with Crippen molar-refractivity contribution in [2.24, 2.45) is 5.92 Å². The minimum absolute atomic E-state index is 0.0524. The zero-order valence-electron chi connectivity index (χ0n) is 21.8. The minimum atomic E-state index is -0.939. The zero-order valence-corrected chi connectivity index (χ0v) is 21.8. The monoisotopic (exact) mass is 510 g/mol. The molecule has 4 atom stereocenters. The number of para-hydroxylation sites is 1. The van der Waals surface area contributed by atoms with Gasteiger partial charge in [-0.3, -0.25) is 9.59 Å². The predicted molar refractivity (Wildman–Crippen MR) is 141 cm³/mol. The maximum Gasteiger partial charge on any atom is 0.247 e. The van der Waals surface area contributed by atoms with Crippen LogP contribution in [-0.2, 0) is 9.59 Å². The fourth-order valence-electron chi connectivity index (χ4n) is 7.07. The van der Waals surface area contributed by atoms with Crippen LogP contribution in [0.1, 0.15) is 88.5 Å². The molecule has 37 heavy (non-hydrogen) atoms. The van der Waals surface area contributed by atoms with Crippen molar-refractivity contribution in [1.82, 2.24) is 10.2 Å². The fourth-order valence-corrected chi connectivity index (χ4v) is 7.07. The lowest BCUT2D eigenvalue weighted by molar-refractivity contribution is -0.141. The van der Waals surface area contributed by atoms with E-state index in [-0.39, 0.29) is 31.0 Å². The molecule has 7 nitrogen and oxygen atoms in total. The molecule has 0 saturated heterocycles. The molecule has 0 spiro atoms. The number of nitrogens with zero attached hydrogens (tertiary/aromatic N) is 1. The maximum atomic E-state index is 13.9. The first-order valence-corrected chi connectivity index (χ1v) is 14.4. The second-order valence-corrected chi connectivity index (χ2v) is 11.3. The van der Waals surface area contributed by atoms with Gasteiger partial charge in [-0.15, -0.1) is 0 Å². The van der Waals surface area contributed by atoms with Gasteiger partial charge in [0.05, 0.1) is 18.6 Å². The van der Waals surface area contributed by atoms with Gasteiger partial charge in [0.1, 0.15) is 18.0 Å². The number of hydrogen-bond acceptors (Lipinski definition) is 5. The summed E-state index contributed by atoms with van der Waals surface area (Å²) in [6.07, 6.45) is 12.9. The second kappa shape index (κ2) is 12.0. The highest BCUT2D eigenvalue weighted by atomic mass is 16.5. The van der Waals surface area contributed by atoms with E-state index >= 15 is 0 Å². The van der Waals surface area contributed by atoms with Gasteiger partial charge in [0.2, 0.25) is 11.8 Å². The lowest BCUT2D eigenvalue weighted by Gasteiger charge is -2.44. The molecular weight excluding hydrogens is 468 g/mol. The third-order valence-corrected chi connectivity index (χ3v) is 8.95. The number of carbonyl (C=O) groups is 2. The van der Waals surface area contributed by atoms with Gasteiger partial charge in [-0.1, -0.05) is 69.6 Å².